The maximum absolute atomic E-state index is 12.3. The second kappa shape index (κ2) is 4.42. The summed E-state index contributed by atoms with van der Waals surface area (Å²) in [6.07, 6.45) is 1.16. The van der Waals surface area contributed by atoms with Crippen LogP contribution in [0.4, 0.5) is 5.00 Å². The molecule has 0 spiro atoms. The molecule has 1 saturated carbocycles. The topological polar surface area (TPSA) is 46.6 Å². The number of methoxy groups -OCH3 is 1. The SMILES string of the molecule is COC(=O)C1(C(=O)N(C)c2cc(Br)cs2)CC1. The number of carbonyl (C=O) groups excluding carboxylic acids is 2. The third-order valence-corrected chi connectivity index (χ3v) is 4.69. The van der Waals surface area contributed by atoms with Gasteiger partial charge >= 0.3 is 5.97 Å². The van der Waals surface area contributed by atoms with E-state index in [0.717, 1.165) is 9.47 Å². The zero-order chi connectivity index (χ0) is 12.6. The van der Waals surface area contributed by atoms with Crippen molar-refractivity contribution in [3.63, 3.8) is 0 Å². The van der Waals surface area contributed by atoms with Gasteiger partial charge in [0.2, 0.25) is 5.91 Å². The van der Waals surface area contributed by atoms with Crippen molar-refractivity contribution >= 4 is 44.1 Å². The largest absolute Gasteiger partial charge is 0.468 e. The van der Waals surface area contributed by atoms with Crippen LogP contribution in [-0.4, -0.2) is 26.0 Å². The number of amides is 1. The normalized spacial score (nSPS) is 16.4. The molecule has 0 aromatic carbocycles. The van der Waals surface area contributed by atoms with Gasteiger partial charge in [-0.3, -0.25) is 9.59 Å². The number of ether oxygens (including phenoxy) is 1. The summed E-state index contributed by atoms with van der Waals surface area (Å²) in [6.45, 7) is 0. The Morgan fingerprint density at radius 1 is 1.53 bits per heavy atom. The Kier molecular flexibility index (Phi) is 3.27. The average molecular weight is 318 g/mol. The lowest BCUT2D eigenvalue weighted by atomic mass is 10.1. The number of rotatable bonds is 3. The van der Waals surface area contributed by atoms with Gasteiger partial charge < -0.3 is 9.64 Å². The number of halogens is 1. The van der Waals surface area contributed by atoms with E-state index in [1.807, 2.05) is 11.4 Å². The van der Waals surface area contributed by atoms with Crippen LogP contribution in [0.3, 0.4) is 0 Å². The summed E-state index contributed by atoms with van der Waals surface area (Å²) in [6, 6.07) is 1.86. The van der Waals surface area contributed by atoms with E-state index in [1.54, 1.807) is 7.05 Å². The van der Waals surface area contributed by atoms with E-state index in [2.05, 4.69) is 15.9 Å². The molecule has 0 bridgehead atoms. The van der Waals surface area contributed by atoms with Crippen LogP contribution < -0.4 is 4.90 Å². The predicted molar refractivity (Wildman–Crippen MR) is 69.1 cm³/mol. The molecule has 0 radical (unpaired) electrons. The van der Waals surface area contributed by atoms with Crippen molar-refractivity contribution in [1.29, 1.82) is 0 Å². The van der Waals surface area contributed by atoms with Gasteiger partial charge in [-0.1, -0.05) is 0 Å². The molecule has 17 heavy (non-hydrogen) atoms. The molecular formula is C11H12BrNO3S. The van der Waals surface area contributed by atoms with Crippen LogP contribution in [0.2, 0.25) is 0 Å². The maximum atomic E-state index is 12.3. The monoisotopic (exact) mass is 317 g/mol. The highest BCUT2D eigenvalue weighted by Gasteiger charge is 2.59. The van der Waals surface area contributed by atoms with Crippen molar-refractivity contribution in [2.75, 3.05) is 19.1 Å². The van der Waals surface area contributed by atoms with Gasteiger partial charge in [0.25, 0.3) is 0 Å². The van der Waals surface area contributed by atoms with Crippen molar-refractivity contribution in [2.45, 2.75) is 12.8 Å². The zero-order valence-corrected chi connectivity index (χ0v) is 11.9. The lowest BCUT2D eigenvalue weighted by molar-refractivity contribution is -0.151. The van der Waals surface area contributed by atoms with E-state index in [1.165, 1.54) is 23.3 Å². The summed E-state index contributed by atoms with van der Waals surface area (Å²) in [4.78, 5) is 25.4. The highest BCUT2D eigenvalue weighted by molar-refractivity contribution is 9.10. The molecule has 1 aromatic heterocycles. The van der Waals surface area contributed by atoms with Crippen LogP contribution in [0.15, 0.2) is 15.9 Å². The minimum Gasteiger partial charge on any atom is -0.468 e. The summed E-state index contributed by atoms with van der Waals surface area (Å²) in [7, 11) is 3.00. The first-order valence-electron chi connectivity index (χ1n) is 5.12. The lowest BCUT2D eigenvalue weighted by Crippen LogP contribution is -2.38. The number of hydrogen-bond acceptors (Lipinski definition) is 4. The molecule has 0 atom stereocenters. The summed E-state index contributed by atoms with van der Waals surface area (Å²) in [5.74, 6) is -0.608. The van der Waals surface area contributed by atoms with E-state index in [0.29, 0.717) is 12.8 Å². The number of anilines is 1. The highest BCUT2D eigenvalue weighted by Crippen LogP contribution is 2.49. The van der Waals surface area contributed by atoms with Crippen LogP contribution in [0.5, 0.6) is 0 Å². The first-order valence-corrected chi connectivity index (χ1v) is 6.79. The number of thiophene rings is 1. The second-order valence-corrected chi connectivity index (χ2v) is 5.85. The summed E-state index contributed by atoms with van der Waals surface area (Å²) in [5.41, 5.74) is -0.931. The summed E-state index contributed by atoms with van der Waals surface area (Å²) in [5, 5.41) is 2.72. The van der Waals surface area contributed by atoms with Gasteiger partial charge in [0, 0.05) is 16.9 Å². The van der Waals surface area contributed by atoms with Crippen molar-refractivity contribution < 1.29 is 14.3 Å². The van der Waals surface area contributed by atoms with Gasteiger partial charge in [-0.05, 0) is 34.8 Å². The molecule has 1 aliphatic rings. The van der Waals surface area contributed by atoms with Crippen LogP contribution in [0.1, 0.15) is 12.8 Å². The van der Waals surface area contributed by atoms with Gasteiger partial charge in [0.05, 0.1) is 12.1 Å². The molecule has 0 saturated heterocycles. The number of esters is 1. The molecule has 1 heterocycles. The van der Waals surface area contributed by atoms with Crippen LogP contribution in [-0.2, 0) is 14.3 Å². The third-order valence-electron chi connectivity index (χ3n) is 2.92. The van der Waals surface area contributed by atoms with E-state index in [9.17, 15) is 9.59 Å². The molecule has 2 rings (SSSR count). The van der Waals surface area contributed by atoms with Crippen molar-refractivity contribution in [2.24, 2.45) is 5.41 Å². The Morgan fingerprint density at radius 2 is 2.18 bits per heavy atom. The Balaban J connectivity index is 2.18. The molecule has 6 heteroatoms. The highest BCUT2D eigenvalue weighted by atomic mass is 79.9. The van der Waals surface area contributed by atoms with Gasteiger partial charge in [-0.25, -0.2) is 0 Å². The predicted octanol–water partition coefficient (Wildman–Crippen LogP) is 2.43. The van der Waals surface area contributed by atoms with Crippen molar-refractivity contribution in [1.82, 2.24) is 0 Å². The first kappa shape index (κ1) is 12.6. The third kappa shape index (κ3) is 2.11. The number of hydrogen-bond donors (Lipinski definition) is 0. The minimum absolute atomic E-state index is 0.182. The Hall–Kier alpha value is -0.880. The molecule has 0 N–H and O–H groups in total. The van der Waals surface area contributed by atoms with Crippen molar-refractivity contribution in [3.8, 4) is 0 Å². The van der Waals surface area contributed by atoms with Gasteiger partial charge in [-0.15, -0.1) is 11.3 Å². The fraction of sp³-hybridized carbons (Fsp3) is 0.455. The van der Waals surface area contributed by atoms with Crippen LogP contribution >= 0.6 is 27.3 Å². The maximum Gasteiger partial charge on any atom is 0.321 e. The smallest absolute Gasteiger partial charge is 0.321 e. The van der Waals surface area contributed by atoms with Gasteiger partial charge in [0.1, 0.15) is 5.41 Å². The van der Waals surface area contributed by atoms with E-state index in [4.69, 9.17) is 4.74 Å². The van der Waals surface area contributed by atoms with E-state index in [-0.39, 0.29) is 5.91 Å². The van der Waals surface area contributed by atoms with Gasteiger partial charge in [0.15, 0.2) is 0 Å². The summed E-state index contributed by atoms with van der Waals surface area (Å²) >= 11 is 4.79. The number of carbonyl (C=O) groups is 2. The van der Waals surface area contributed by atoms with E-state index < -0.39 is 11.4 Å². The molecule has 1 amide bonds. The second-order valence-electron chi connectivity index (χ2n) is 4.04. The Bertz CT molecular complexity index is 467. The quantitative estimate of drug-likeness (QED) is 0.635. The molecule has 1 aliphatic carbocycles. The minimum atomic E-state index is -0.931. The fourth-order valence-corrected chi connectivity index (χ4v) is 3.11. The fourth-order valence-electron chi connectivity index (χ4n) is 1.73. The molecule has 4 nitrogen and oxygen atoms in total. The molecule has 1 fully saturated rings. The lowest BCUT2D eigenvalue weighted by Gasteiger charge is -2.20. The van der Waals surface area contributed by atoms with Crippen molar-refractivity contribution in [3.05, 3.63) is 15.9 Å². The van der Waals surface area contributed by atoms with Crippen LogP contribution in [0, 0.1) is 5.41 Å². The Morgan fingerprint density at radius 3 is 2.59 bits per heavy atom. The van der Waals surface area contributed by atoms with Crippen LogP contribution in [0.25, 0.3) is 0 Å². The molecule has 0 unspecified atom stereocenters. The molecule has 0 aliphatic heterocycles. The zero-order valence-electron chi connectivity index (χ0n) is 9.53. The van der Waals surface area contributed by atoms with Gasteiger partial charge in [-0.2, -0.15) is 0 Å². The molecule has 1 aromatic rings. The first-order chi connectivity index (χ1) is 8.01. The summed E-state index contributed by atoms with van der Waals surface area (Å²) < 4.78 is 5.63. The molecular weight excluding hydrogens is 306 g/mol. The van der Waals surface area contributed by atoms with E-state index >= 15 is 0 Å². The Labute approximate surface area is 112 Å². The standard InChI is InChI=1S/C11H12BrNO3S/c1-13(8-5-7(12)6-17-8)9(14)11(3-4-11)10(15)16-2/h5-6H,3-4H2,1-2H3. The number of nitrogens with zero attached hydrogens (tertiary/aromatic N) is 1. The molecule has 92 valence electrons. The average Bonchev–Trinajstić information content (AvgIpc) is 3.03.